The lowest BCUT2D eigenvalue weighted by atomic mass is 9.92. The summed E-state index contributed by atoms with van der Waals surface area (Å²) in [5.41, 5.74) is 4.41. The first-order valence-electron chi connectivity index (χ1n) is 10.9. The molecule has 1 atom stereocenters. The molecule has 6 rings (SSSR count). The number of aromatic nitrogens is 2. The molecule has 1 aromatic heterocycles. The van der Waals surface area contributed by atoms with Crippen molar-refractivity contribution in [1.82, 2.24) is 19.6 Å². The fraction of sp³-hybridized carbons (Fsp3) is 0.522. The van der Waals surface area contributed by atoms with Crippen molar-refractivity contribution in [3.63, 3.8) is 0 Å². The third-order valence-corrected chi connectivity index (χ3v) is 7.29. The van der Waals surface area contributed by atoms with Crippen LogP contribution in [0.2, 0.25) is 0 Å². The minimum atomic E-state index is -0.429. The zero-order valence-corrected chi connectivity index (χ0v) is 16.6. The molecule has 1 saturated carbocycles. The molecule has 1 unspecified atom stereocenters. The first-order valence-corrected chi connectivity index (χ1v) is 10.9. The summed E-state index contributed by atoms with van der Waals surface area (Å²) in [5, 5.41) is 4.65. The summed E-state index contributed by atoms with van der Waals surface area (Å²) in [6.07, 6.45) is 6.28. The van der Waals surface area contributed by atoms with E-state index in [0.717, 1.165) is 44.5 Å². The molecule has 3 aliphatic heterocycles. The summed E-state index contributed by atoms with van der Waals surface area (Å²) in [6, 6.07) is 9.71. The smallest absolute Gasteiger partial charge is 0.275 e. The van der Waals surface area contributed by atoms with Gasteiger partial charge in [0.1, 0.15) is 6.04 Å². The van der Waals surface area contributed by atoms with Crippen molar-refractivity contribution >= 4 is 11.8 Å². The number of hydrogen-bond acceptors (Lipinski definition) is 3. The summed E-state index contributed by atoms with van der Waals surface area (Å²) in [5.74, 6) is -0.0159. The van der Waals surface area contributed by atoms with Crippen molar-refractivity contribution in [1.29, 1.82) is 0 Å². The zero-order valence-electron chi connectivity index (χ0n) is 16.6. The Morgan fingerprint density at radius 2 is 1.83 bits per heavy atom. The van der Waals surface area contributed by atoms with Crippen LogP contribution in [0.15, 0.2) is 30.3 Å². The third-order valence-electron chi connectivity index (χ3n) is 7.29. The molecule has 29 heavy (non-hydrogen) atoms. The number of nitrogens with zero attached hydrogens (tertiary/aromatic N) is 4. The molecular weight excluding hydrogens is 364 g/mol. The first-order chi connectivity index (χ1) is 14.1. The summed E-state index contributed by atoms with van der Waals surface area (Å²) in [7, 11) is 0. The van der Waals surface area contributed by atoms with Crippen molar-refractivity contribution in [2.75, 3.05) is 13.1 Å². The van der Waals surface area contributed by atoms with Gasteiger partial charge in [0.15, 0.2) is 5.69 Å². The highest BCUT2D eigenvalue weighted by atomic mass is 16.2. The zero-order chi connectivity index (χ0) is 19.6. The average molecular weight is 390 g/mol. The number of hydrogen-bond donors (Lipinski definition) is 0. The Kier molecular flexibility index (Phi) is 3.68. The molecule has 0 radical (unpaired) electrons. The second-order valence-corrected chi connectivity index (χ2v) is 9.31. The minimum Gasteiger partial charge on any atom is -0.341 e. The average Bonchev–Trinajstić information content (AvgIpc) is 3.07. The number of likely N-dealkylation sites (tertiary alicyclic amines) is 1. The Morgan fingerprint density at radius 3 is 2.55 bits per heavy atom. The van der Waals surface area contributed by atoms with Crippen molar-refractivity contribution in [2.45, 2.75) is 57.7 Å². The third kappa shape index (κ3) is 2.80. The van der Waals surface area contributed by atoms with Crippen LogP contribution in [0.4, 0.5) is 0 Å². The largest absolute Gasteiger partial charge is 0.341 e. The van der Waals surface area contributed by atoms with E-state index >= 15 is 0 Å². The van der Waals surface area contributed by atoms with E-state index in [1.165, 1.54) is 24.1 Å². The molecule has 1 aromatic carbocycles. The Morgan fingerprint density at radius 1 is 1.07 bits per heavy atom. The van der Waals surface area contributed by atoms with E-state index in [1.807, 2.05) is 27.8 Å². The Balaban J connectivity index is 1.31. The molecule has 0 N–H and O–H groups in total. The number of carbonyl (C=O) groups excluding carboxylic acids is 2. The summed E-state index contributed by atoms with van der Waals surface area (Å²) in [6.45, 7) is 3.03. The van der Waals surface area contributed by atoms with Crippen molar-refractivity contribution in [3.8, 4) is 0 Å². The monoisotopic (exact) mass is 390 g/mol. The molecule has 2 fully saturated rings. The molecule has 2 amide bonds. The maximum Gasteiger partial charge on any atom is 0.275 e. The molecular formula is C23H26N4O2. The van der Waals surface area contributed by atoms with Crippen LogP contribution in [-0.4, -0.2) is 50.5 Å². The predicted octanol–water partition coefficient (Wildman–Crippen LogP) is 2.41. The lowest BCUT2D eigenvalue weighted by Gasteiger charge is -2.37. The van der Waals surface area contributed by atoms with Crippen LogP contribution >= 0.6 is 0 Å². The van der Waals surface area contributed by atoms with E-state index in [-0.39, 0.29) is 11.8 Å². The number of rotatable bonds is 2. The van der Waals surface area contributed by atoms with Crippen molar-refractivity contribution < 1.29 is 9.59 Å². The predicted molar refractivity (Wildman–Crippen MR) is 107 cm³/mol. The van der Waals surface area contributed by atoms with E-state index in [1.54, 1.807) is 4.90 Å². The standard InChI is InChI=1S/C23H26N4O2/c28-21(19-12-18-13-23(7-8-23)15-27(18)24-19)26-14-17-6-2-1-5-16(17)11-20(26)22(29)25-9-3-4-10-25/h1-2,5-6,12,20H,3-4,7-11,13-15H2. The molecule has 6 nitrogen and oxygen atoms in total. The topological polar surface area (TPSA) is 58.4 Å². The molecule has 0 bridgehead atoms. The number of fused-ring (bicyclic) bond motifs is 2. The molecule has 150 valence electrons. The second-order valence-electron chi connectivity index (χ2n) is 9.31. The SMILES string of the molecule is O=C(C1Cc2ccccc2CN1C(=O)c1cc2n(n1)CC1(CC1)C2)N1CCCC1. The van der Waals surface area contributed by atoms with Crippen LogP contribution < -0.4 is 0 Å². The summed E-state index contributed by atoms with van der Waals surface area (Å²) < 4.78 is 2.02. The quantitative estimate of drug-likeness (QED) is 0.791. The van der Waals surface area contributed by atoms with Gasteiger partial charge in [0.05, 0.1) is 0 Å². The molecule has 1 aliphatic carbocycles. The lowest BCUT2D eigenvalue weighted by Crippen LogP contribution is -2.53. The summed E-state index contributed by atoms with van der Waals surface area (Å²) in [4.78, 5) is 30.5. The fourth-order valence-electron chi connectivity index (χ4n) is 5.36. The van der Waals surface area contributed by atoms with Gasteiger partial charge >= 0.3 is 0 Å². The van der Waals surface area contributed by atoms with Crippen LogP contribution in [-0.2, 0) is 30.7 Å². The second kappa shape index (κ2) is 6.18. The Hall–Kier alpha value is -2.63. The maximum atomic E-state index is 13.5. The van der Waals surface area contributed by atoms with Gasteiger partial charge in [-0.05, 0) is 54.7 Å². The number of carbonyl (C=O) groups is 2. The van der Waals surface area contributed by atoms with Gasteiger partial charge in [-0.3, -0.25) is 14.3 Å². The van der Waals surface area contributed by atoms with E-state index in [4.69, 9.17) is 0 Å². The molecule has 1 spiro atoms. The van der Waals surface area contributed by atoms with Gasteiger partial charge < -0.3 is 9.80 Å². The fourth-order valence-corrected chi connectivity index (χ4v) is 5.36. The molecule has 4 heterocycles. The van der Waals surface area contributed by atoms with Gasteiger partial charge in [-0.2, -0.15) is 5.10 Å². The normalized spacial score (nSPS) is 23.9. The number of benzene rings is 1. The van der Waals surface area contributed by atoms with E-state index in [2.05, 4.69) is 17.2 Å². The van der Waals surface area contributed by atoms with Gasteiger partial charge in [0, 0.05) is 38.3 Å². The van der Waals surface area contributed by atoms with Gasteiger partial charge in [0.25, 0.3) is 5.91 Å². The van der Waals surface area contributed by atoms with Crippen LogP contribution in [0.1, 0.15) is 53.0 Å². The van der Waals surface area contributed by atoms with Gasteiger partial charge in [0.2, 0.25) is 5.91 Å². The summed E-state index contributed by atoms with van der Waals surface area (Å²) >= 11 is 0. The van der Waals surface area contributed by atoms with E-state index in [0.29, 0.717) is 24.1 Å². The highest BCUT2D eigenvalue weighted by Crippen LogP contribution is 2.53. The van der Waals surface area contributed by atoms with Gasteiger partial charge in [-0.25, -0.2) is 0 Å². The Labute approximate surface area is 170 Å². The maximum absolute atomic E-state index is 13.5. The molecule has 1 saturated heterocycles. The van der Waals surface area contributed by atoms with Crippen LogP contribution in [0, 0.1) is 5.41 Å². The first kappa shape index (κ1) is 17.2. The number of amides is 2. The molecule has 4 aliphatic rings. The van der Waals surface area contributed by atoms with Crippen molar-refractivity contribution in [2.24, 2.45) is 5.41 Å². The highest BCUT2D eigenvalue weighted by Gasteiger charge is 2.48. The van der Waals surface area contributed by atoms with Crippen LogP contribution in [0.3, 0.4) is 0 Å². The molecule has 2 aromatic rings. The van der Waals surface area contributed by atoms with Crippen molar-refractivity contribution in [3.05, 3.63) is 52.8 Å². The van der Waals surface area contributed by atoms with Crippen LogP contribution in [0.25, 0.3) is 0 Å². The van der Waals surface area contributed by atoms with E-state index in [9.17, 15) is 9.59 Å². The molecule has 6 heteroatoms. The van der Waals surface area contributed by atoms with E-state index < -0.39 is 6.04 Å². The lowest BCUT2D eigenvalue weighted by molar-refractivity contribution is -0.135. The van der Waals surface area contributed by atoms with Gasteiger partial charge in [-0.1, -0.05) is 24.3 Å². The minimum absolute atomic E-state index is 0.0917. The van der Waals surface area contributed by atoms with Crippen LogP contribution in [0.5, 0.6) is 0 Å². The highest BCUT2D eigenvalue weighted by molar-refractivity contribution is 5.96. The van der Waals surface area contributed by atoms with Gasteiger partial charge in [-0.15, -0.1) is 0 Å². The Bertz CT molecular complexity index is 975.